The van der Waals surface area contributed by atoms with Gasteiger partial charge in [-0.05, 0) is 44.1 Å². The fourth-order valence-corrected chi connectivity index (χ4v) is 3.16. The van der Waals surface area contributed by atoms with E-state index >= 15 is 0 Å². The van der Waals surface area contributed by atoms with Crippen LogP contribution in [-0.2, 0) is 4.74 Å². The maximum Gasteiger partial charge on any atom is 0.162 e. The number of likely N-dealkylation sites (N-methyl/N-ethyl adjacent to an activating group) is 1. The number of nitrogens with one attached hydrogen (secondary N) is 1. The normalized spacial score (nSPS) is 26.6. The molecule has 2 saturated heterocycles. The number of methoxy groups -OCH3 is 1. The van der Waals surface area contributed by atoms with Crippen LogP contribution in [0.15, 0.2) is 18.2 Å². The highest BCUT2D eigenvalue weighted by Gasteiger charge is 2.22. The number of ether oxygens (including phenoxy) is 3. The zero-order valence-corrected chi connectivity index (χ0v) is 13.5. The molecule has 1 aromatic carbocycles. The molecule has 5 nitrogen and oxygen atoms in total. The summed E-state index contributed by atoms with van der Waals surface area (Å²) in [4.78, 5) is 2.32. The number of nitrogens with zero attached hydrogens (tertiary/aromatic N) is 1. The third-order valence-corrected chi connectivity index (χ3v) is 4.36. The van der Waals surface area contributed by atoms with Crippen LogP contribution in [0, 0.1) is 0 Å². The van der Waals surface area contributed by atoms with Gasteiger partial charge in [-0.25, -0.2) is 0 Å². The fourth-order valence-electron chi connectivity index (χ4n) is 3.16. The number of benzene rings is 1. The molecule has 2 aliphatic heterocycles. The van der Waals surface area contributed by atoms with Gasteiger partial charge < -0.3 is 24.4 Å². The van der Waals surface area contributed by atoms with Gasteiger partial charge in [0.2, 0.25) is 0 Å². The number of piperidine rings is 1. The molecule has 2 fully saturated rings. The summed E-state index contributed by atoms with van der Waals surface area (Å²) in [6.07, 6.45) is 2.60. The van der Waals surface area contributed by atoms with Crippen molar-refractivity contribution in [2.24, 2.45) is 0 Å². The molecule has 2 unspecified atom stereocenters. The third-order valence-electron chi connectivity index (χ3n) is 4.36. The highest BCUT2D eigenvalue weighted by atomic mass is 16.5. The summed E-state index contributed by atoms with van der Waals surface area (Å²) in [6.45, 7) is 4.64. The molecule has 0 bridgehead atoms. The fraction of sp³-hybridized carbons (Fsp3) is 0.647. The van der Waals surface area contributed by atoms with Crippen LogP contribution in [0.1, 0.15) is 24.5 Å². The first-order valence-corrected chi connectivity index (χ1v) is 8.11. The maximum absolute atomic E-state index is 6.24. The quantitative estimate of drug-likeness (QED) is 0.919. The van der Waals surface area contributed by atoms with Gasteiger partial charge in [-0.2, -0.15) is 0 Å². The number of hydrogen-bond acceptors (Lipinski definition) is 5. The molecule has 2 atom stereocenters. The van der Waals surface area contributed by atoms with Crippen molar-refractivity contribution >= 4 is 0 Å². The van der Waals surface area contributed by atoms with Crippen LogP contribution >= 0.6 is 0 Å². The van der Waals surface area contributed by atoms with E-state index in [2.05, 4.69) is 29.4 Å². The first-order chi connectivity index (χ1) is 10.8. The molecule has 0 aliphatic carbocycles. The van der Waals surface area contributed by atoms with E-state index in [1.807, 2.05) is 6.07 Å². The molecule has 5 heteroatoms. The van der Waals surface area contributed by atoms with Crippen molar-refractivity contribution in [2.45, 2.75) is 25.0 Å². The lowest BCUT2D eigenvalue weighted by Gasteiger charge is -2.31. The van der Waals surface area contributed by atoms with Gasteiger partial charge in [0.1, 0.15) is 6.10 Å². The number of likely N-dealkylation sites (tertiary alicyclic amines) is 1. The van der Waals surface area contributed by atoms with Crippen molar-refractivity contribution in [1.82, 2.24) is 10.2 Å². The van der Waals surface area contributed by atoms with Crippen molar-refractivity contribution in [3.8, 4) is 11.5 Å². The summed E-state index contributed by atoms with van der Waals surface area (Å²) in [5, 5.41) is 3.36. The average Bonchev–Trinajstić information content (AvgIpc) is 2.56. The monoisotopic (exact) mass is 306 g/mol. The Morgan fingerprint density at radius 3 is 2.95 bits per heavy atom. The highest BCUT2D eigenvalue weighted by Crippen LogP contribution is 2.33. The minimum Gasteiger partial charge on any atom is -0.493 e. The summed E-state index contributed by atoms with van der Waals surface area (Å²) in [7, 11) is 3.83. The molecular formula is C17H26N2O3. The van der Waals surface area contributed by atoms with E-state index in [0.29, 0.717) is 0 Å². The molecule has 0 saturated carbocycles. The average molecular weight is 306 g/mol. The molecule has 1 aromatic rings. The largest absolute Gasteiger partial charge is 0.493 e. The predicted octanol–water partition coefficient (Wildman–Crippen LogP) is 1.83. The van der Waals surface area contributed by atoms with E-state index in [4.69, 9.17) is 14.2 Å². The molecule has 1 N–H and O–H groups in total. The second kappa shape index (κ2) is 7.31. The topological polar surface area (TPSA) is 43.0 Å². The standard InChI is InChI=1S/C17H26N2O3/c1-19-8-3-4-14(12-19)22-16-10-13(5-6-15(16)20-2)17-11-18-7-9-21-17/h5-6,10,14,17-18H,3-4,7-9,11-12H2,1-2H3. The Kier molecular flexibility index (Phi) is 5.18. The smallest absolute Gasteiger partial charge is 0.162 e. The second-order valence-corrected chi connectivity index (χ2v) is 6.12. The van der Waals surface area contributed by atoms with Crippen molar-refractivity contribution in [3.63, 3.8) is 0 Å². The highest BCUT2D eigenvalue weighted by molar-refractivity contribution is 5.44. The lowest BCUT2D eigenvalue weighted by Crippen LogP contribution is -2.38. The Hall–Kier alpha value is -1.30. The Labute approximate surface area is 132 Å². The van der Waals surface area contributed by atoms with Crippen LogP contribution < -0.4 is 14.8 Å². The van der Waals surface area contributed by atoms with Gasteiger partial charge in [-0.15, -0.1) is 0 Å². The van der Waals surface area contributed by atoms with Crippen molar-refractivity contribution in [2.75, 3.05) is 46.9 Å². The SMILES string of the molecule is COc1ccc(C2CNCCO2)cc1OC1CCCN(C)C1. The van der Waals surface area contributed by atoms with Crippen LogP contribution in [0.4, 0.5) is 0 Å². The van der Waals surface area contributed by atoms with Crippen LogP contribution in [0.2, 0.25) is 0 Å². The summed E-state index contributed by atoms with van der Waals surface area (Å²) in [5.74, 6) is 1.62. The molecule has 0 spiro atoms. The van der Waals surface area contributed by atoms with Gasteiger partial charge in [-0.1, -0.05) is 6.07 Å². The Morgan fingerprint density at radius 1 is 1.32 bits per heavy atom. The van der Waals surface area contributed by atoms with E-state index in [1.165, 1.54) is 6.42 Å². The summed E-state index contributed by atoms with van der Waals surface area (Å²) in [5.41, 5.74) is 1.15. The first-order valence-electron chi connectivity index (χ1n) is 8.11. The first kappa shape index (κ1) is 15.6. The number of morpholine rings is 1. The minimum atomic E-state index is 0.0936. The van der Waals surface area contributed by atoms with Gasteiger partial charge in [0.15, 0.2) is 11.5 Å². The number of hydrogen-bond donors (Lipinski definition) is 1. The van der Waals surface area contributed by atoms with Gasteiger partial charge in [0, 0.05) is 19.6 Å². The van der Waals surface area contributed by atoms with Crippen LogP contribution in [0.3, 0.4) is 0 Å². The molecule has 2 heterocycles. The van der Waals surface area contributed by atoms with E-state index in [1.54, 1.807) is 7.11 Å². The van der Waals surface area contributed by atoms with E-state index in [0.717, 1.165) is 56.3 Å². The zero-order chi connectivity index (χ0) is 15.4. The lowest BCUT2D eigenvalue weighted by atomic mass is 10.1. The third kappa shape index (κ3) is 3.72. The Bertz CT molecular complexity index is 489. The maximum atomic E-state index is 6.24. The van der Waals surface area contributed by atoms with Crippen LogP contribution in [0.25, 0.3) is 0 Å². The van der Waals surface area contributed by atoms with Gasteiger partial charge >= 0.3 is 0 Å². The Balaban J connectivity index is 1.75. The van der Waals surface area contributed by atoms with E-state index < -0.39 is 0 Å². The van der Waals surface area contributed by atoms with Crippen molar-refractivity contribution in [1.29, 1.82) is 0 Å². The van der Waals surface area contributed by atoms with E-state index in [9.17, 15) is 0 Å². The molecule has 22 heavy (non-hydrogen) atoms. The summed E-state index contributed by atoms with van der Waals surface area (Å²) in [6, 6.07) is 6.12. The van der Waals surface area contributed by atoms with Crippen LogP contribution in [0.5, 0.6) is 11.5 Å². The summed E-state index contributed by atoms with van der Waals surface area (Å²) < 4.78 is 17.5. The number of rotatable bonds is 4. The molecule has 0 radical (unpaired) electrons. The molecule has 0 aromatic heterocycles. The molecule has 0 amide bonds. The van der Waals surface area contributed by atoms with Gasteiger partial charge in [-0.3, -0.25) is 0 Å². The zero-order valence-electron chi connectivity index (χ0n) is 13.5. The van der Waals surface area contributed by atoms with Gasteiger partial charge in [0.05, 0.1) is 19.8 Å². The molecular weight excluding hydrogens is 280 g/mol. The predicted molar refractivity (Wildman–Crippen MR) is 85.7 cm³/mol. The summed E-state index contributed by atoms with van der Waals surface area (Å²) >= 11 is 0. The molecule has 2 aliphatic rings. The van der Waals surface area contributed by atoms with E-state index in [-0.39, 0.29) is 12.2 Å². The van der Waals surface area contributed by atoms with Gasteiger partial charge in [0.25, 0.3) is 0 Å². The lowest BCUT2D eigenvalue weighted by molar-refractivity contribution is 0.0273. The van der Waals surface area contributed by atoms with Crippen LogP contribution in [-0.4, -0.2) is 57.9 Å². The molecule has 3 rings (SSSR count). The molecule has 122 valence electrons. The minimum absolute atomic E-state index is 0.0936. The van der Waals surface area contributed by atoms with Crippen molar-refractivity contribution < 1.29 is 14.2 Å². The second-order valence-electron chi connectivity index (χ2n) is 6.12. The Morgan fingerprint density at radius 2 is 2.23 bits per heavy atom. The van der Waals surface area contributed by atoms with Crippen molar-refractivity contribution in [3.05, 3.63) is 23.8 Å².